The average molecular weight is 320 g/mol. The maximum Gasteiger partial charge on any atom is 0.0900 e. The Bertz CT molecular complexity index is 428. The lowest BCUT2D eigenvalue weighted by Crippen LogP contribution is -2.48. The van der Waals surface area contributed by atoms with Gasteiger partial charge < -0.3 is 9.84 Å². The molecule has 0 saturated carbocycles. The maximum absolute atomic E-state index is 10.0. The van der Waals surface area contributed by atoms with Crippen molar-refractivity contribution in [2.75, 3.05) is 45.9 Å². The number of aliphatic hydroxyl groups excluding tert-OH is 1. The van der Waals surface area contributed by atoms with Crippen molar-refractivity contribution in [3.63, 3.8) is 0 Å². The molecule has 4 heteroatoms. The van der Waals surface area contributed by atoms with Gasteiger partial charge in [0.05, 0.1) is 12.7 Å². The van der Waals surface area contributed by atoms with E-state index in [1.807, 2.05) is 0 Å². The van der Waals surface area contributed by atoms with Crippen LogP contribution in [0.1, 0.15) is 30.9 Å². The summed E-state index contributed by atoms with van der Waals surface area (Å²) < 4.78 is 5.50. The topological polar surface area (TPSA) is 35.9 Å². The van der Waals surface area contributed by atoms with Crippen LogP contribution in [0.3, 0.4) is 0 Å². The molecule has 1 aromatic carbocycles. The first-order valence-electron chi connectivity index (χ1n) is 8.93. The molecule has 1 fully saturated rings. The standard InChI is InChI=1S/C19H32N2O2/c1-3-4-13-23-16-19(22)15-21-11-9-20(10-12-21)14-18-7-5-17(2)6-8-18/h5-8,19,22H,3-4,9-16H2,1-2H3. The van der Waals surface area contributed by atoms with E-state index in [1.165, 1.54) is 11.1 Å². The van der Waals surface area contributed by atoms with Crippen LogP contribution in [0.15, 0.2) is 24.3 Å². The quantitative estimate of drug-likeness (QED) is 0.708. The number of nitrogens with zero attached hydrogens (tertiary/aromatic N) is 2. The normalized spacial score (nSPS) is 18.2. The first-order chi connectivity index (χ1) is 11.2. The molecule has 0 bridgehead atoms. The van der Waals surface area contributed by atoms with Gasteiger partial charge in [-0.15, -0.1) is 0 Å². The molecule has 1 heterocycles. The van der Waals surface area contributed by atoms with E-state index in [1.54, 1.807) is 0 Å². The molecule has 23 heavy (non-hydrogen) atoms. The average Bonchev–Trinajstić information content (AvgIpc) is 2.56. The van der Waals surface area contributed by atoms with E-state index in [9.17, 15) is 5.11 Å². The minimum Gasteiger partial charge on any atom is -0.389 e. The summed E-state index contributed by atoms with van der Waals surface area (Å²) in [7, 11) is 0. The Hall–Kier alpha value is -0.940. The molecular formula is C19H32N2O2. The van der Waals surface area contributed by atoms with Gasteiger partial charge in [-0.25, -0.2) is 0 Å². The number of aryl methyl sites for hydroxylation is 1. The van der Waals surface area contributed by atoms with Crippen LogP contribution in [0, 0.1) is 6.92 Å². The molecule has 1 aliphatic heterocycles. The molecule has 0 amide bonds. The Morgan fingerprint density at radius 1 is 1.09 bits per heavy atom. The summed E-state index contributed by atoms with van der Waals surface area (Å²) in [6.45, 7) is 11.4. The fourth-order valence-corrected chi connectivity index (χ4v) is 2.90. The highest BCUT2D eigenvalue weighted by Crippen LogP contribution is 2.10. The van der Waals surface area contributed by atoms with Gasteiger partial charge in [-0.1, -0.05) is 43.2 Å². The number of hydrogen-bond acceptors (Lipinski definition) is 4. The summed E-state index contributed by atoms with van der Waals surface area (Å²) in [5.41, 5.74) is 2.70. The molecule has 1 unspecified atom stereocenters. The van der Waals surface area contributed by atoms with E-state index in [0.29, 0.717) is 6.61 Å². The number of rotatable bonds is 9. The van der Waals surface area contributed by atoms with Crippen LogP contribution < -0.4 is 0 Å². The Balaban J connectivity index is 1.62. The van der Waals surface area contributed by atoms with Gasteiger partial charge in [0.1, 0.15) is 0 Å². The molecule has 1 N–H and O–H groups in total. The zero-order valence-corrected chi connectivity index (χ0v) is 14.7. The van der Waals surface area contributed by atoms with Gasteiger partial charge in [-0.05, 0) is 18.9 Å². The zero-order chi connectivity index (χ0) is 16.5. The molecule has 1 aromatic rings. The second-order valence-corrected chi connectivity index (χ2v) is 6.64. The number of benzene rings is 1. The Morgan fingerprint density at radius 3 is 2.39 bits per heavy atom. The molecule has 0 spiro atoms. The summed E-state index contributed by atoms with van der Waals surface area (Å²) in [6, 6.07) is 8.80. The summed E-state index contributed by atoms with van der Waals surface area (Å²) in [5.74, 6) is 0. The summed E-state index contributed by atoms with van der Waals surface area (Å²) in [5, 5.41) is 10.0. The second kappa shape index (κ2) is 10.0. The van der Waals surface area contributed by atoms with Gasteiger partial charge in [0.25, 0.3) is 0 Å². The molecule has 0 aliphatic carbocycles. The minimum absolute atomic E-state index is 0.365. The Labute approximate surface area is 141 Å². The molecule has 1 saturated heterocycles. The van der Waals surface area contributed by atoms with Crippen LogP contribution in [0.4, 0.5) is 0 Å². The largest absolute Gasteiger partial charge is 0.389 e. The van der Waals surface area contributed by atoms with Gasteiger partial charge in [-0.3, -0.25) is 9.80 Å². The van der Waals surface area contributed by atoms with Gasteiger partial charge in [-0.2, -0.15) is 0 Å². The lowest BCUT2D eigenvalue weighted by molar-refractivity contribution is 0.00588. The number of β-amino-alcohol motifs (C(OH)–C–C–N with tert-alkyl or cyclic N) is 1. The van der Waals surface area contributed by atoms with E-state index < -0.39 is 0 Å². The Kier molecular flexibility index (Phi) is 8.03. The minimum atomic E-state index is -0.365. The van der Waals surface area contributed by atoms with E-state index in [4.69, 9.17) is 4.74 Å². The molecule has 1 atom stereocenters. The van der Waals surface area contributed by atoms with Crippen molar-refractivity contribution >= 4 is 0 Å². The molecule has 2 rings (SSSR count). The van der Waals surface area contributed by atoms with Crippen LogP contribution in [-0.4, -0.2) is 66.9 Å². The first-order valence-corrected chi connectivity index (χ1v) is 8.93. The van der Waals surface area contributed by atoms with Crippen molar-refractivity contribution in [3.8, 4) is 0 Å². The van der Waals surface area contributed by atoms with Crippen molar-refractivity contribution in [1.82, 2.24) is 9.80 Å². The predicted molar refractivity (Wildman–Crippen MR) is 94.6 cm³/mol. The van der Waals surface area contributed by atoms with Gasteiger partial charge >= 0.3 is 0 Å². The molecule has 130 valence electrons. The SMILES string of the molecule is CCCCOCC(O)CN1CCN(Cc2ccc(C)cc2)CC1. The third kappa shape index (κ3) is 7.00. The molecule has 0 aromatic heterocycles. The van der Waals surface area contributed by atoms with Crippen LogP contribution in [0.2, 0.25) is 0 Å². The number of hydrogen-bond donors (Lipinski definition) is 1. The second-order valence-electron chi connectivity index (χ2n) is 6.64. The van der Waals surface area contributed by atoms with E-state index in [2.05, 4.69) is 47.9 Å². The first kappa shape index (κ1) is 18.4. The fourth-order valence-electron chi connectivity index (χ4n) is 2.90. The maximum atomic E-state index is 10.0. The van der Waals surface area contributed by atoms with E-state index in [-0.39, 0.29) is 6.10 Å². The molecule has 0 radical (unpaired) electrons. The van der Waals surface area contributed by atoms with Crippen molar-refractivity contribution < 1.29 is 9.84 Å². The van der Waals surface area contributed by atoms with E-state index >= 15 is 0 Å². The predicted octanol–water partition coefficient (Wildman–Crippen LogP) is 2.29. The smallest absolute Gasteiger partial charge is 0.0900 e. The summed E-state index contributed by atoms with van der Waals surface area (Å²) in [4.78, 5) is 4.84. The van der Waals surface area contributed by atoms with Gasteiger partial charge in [0, 0.05) is 45.9 Å². The lowest BCUT2D eigenvalue weighted by atomic mass is 10.1. The van der Waals surface area contributed by atoms with Crippen molar-refractivity contribution in [1.29, 1.82) is 0 Å². The van der Waals surface area contributed by atoms with Crippen molar-refractivity contribution in [2.24, 2.45) is 0 Å². The molecule has 1 aliphatic rings. The summed E-state index contributed by atoms with van der Waals surface area (Å²) >= 11 is 0. The third-order valence-electron chi connectivity index (χ3n) is 4.41. The number of piperazine rings is 1. The lowest BCUT2D eigenvalue weighted by Gasteiger charge is -2.35. The molecule has 4 nitrogen and oxygen atoms in total. The van der Waals surface area contributed by atoms with E-state index in [0.717, 1.165) is 58.7 Å². The van der Waals surface area contributed by atoms with Crippen molar-refractivity contribution in [2.45, 2.75) is 39.3 Å². The highest BCUT2D eigenvalue weighted by Gasteiger charge is 2.19. The van der Waals surface area contributed by atoms with Gasteiger partial charge in [0.15, 0.2) is 0 Å². The third-order valence-corrected chi connectivity index (χ3v) is 4.41. The van der Waals surface area contributed by atoms with Crippen molar-refractivity contribution in [3.05, 3.63) is 35.4 Å². The Morgan fingerprint density at radius 2 is 1.74 bits per heavy atom. The number of unbranched alkanes of at least 4 members (excludes halogenated alkanes) is 1. The summed E-state index contributed by atoms with van der Waals surface area (Å²) in [6.07, 6.45) is 1.85. The highest BCUT2D eigenvalue weighted by atomic mass is 16.5. The van der Waals surface area contributed by atoms with Crippen LogP contribution in [-0.2, 0) is 11.3 Å². The van der Waals surface area contributed by atoms with Crippen LogP contribution in [0.25, 0.3) is 0 Å². The monoisotopic (exact) mass is 320 g/mol. The zero-order valence-electron chi connectivity index (χ0n) is 14.7. The van der Waals surface area contributed by atoms with Crippen LogP contribution >= 0.6 is 0 Å². The highest BCUT2D eigenvalue weighted by molar-refractivity contribution is 5.21. The number of ether oxygens (including phenoxy) is 1. The number of aliphatic hydroxyl groups is 1. The van der Waals surface area contributed by atoms with Gasteiger partial charge in [0.2, 0.25) is 0 Å². The molecular weight excluding hydrogens is 288 g/mol. The fraction of sp³-hybridized carbons (Fsp3) is 0.684. The van der Waals surface area contributed by atoms with Crippen LogP contribution in [0.5, 0.6) is 0 Å².